The Kier molecular flexibility index (Phi) is 15.7. The fraction of sp³-hybridized carbons (Fsp3) is 0.279. The third kappa shape index (κ3) is 12.6. The lowest BCUT2D eigenvalue weighted by Gasteiger charge is -2.21. The van der Waals surface area contributed by atoms with E-state index < -0.39 is 30.4 Å². The van der Waals surface area contributed by atoms with E-state index in [0.717, 1.165) is 38.3 Å². The number of phenolic OH excluding ortho intramolecular Hbond substituents is 1. The number of benzene rings is 3. The molecule has 0 aliphatic carbocycles. The maximum atomic E-state index is 13.4. The van der Waals surface area contributed by atoms with E-state index >= 15 is 0 Å². The summed E-state index contributed by atoms with van der Waals surface area (Å²) in [4.78, 5) is 62.9. The highest BCUT2D eigenvalue weighted by Gasteiger charge is 2.25. The van der Waals surface area contributed by atoms with Gasteiger partial charge in [-0.15, -0.1) is 0 Å². The Hall–Kier alpha value is -6.38. The summed E-state index contributed by atoms with van der Waals surface area (Å²) >= 11 is 5.61. The van der Waals surface area contributed by atoms with Crippen molar-refractivity contribution in [1.82, 2.24) is 36.2 Å². The average molecular weight is 809 g/mol. The molecule has 0 aliphatic heterocycles. The lowest BCUT2D eigenvalue weighted by molar-refractivity contribution is -0.131. The number of H-pyrrole nitrogens is 2. The highest BCUT2D eigenvalue weighted by molar-refractivity contribution is 6.30. The van der Waals surface area contributed by atoms with E-state index in [0.29, 0.717) is 36.9 Å². The van der Waals surface area contributed by atoms with Crippen LogP contribution in [0.5, 0.6) is 11.5 Å². The van der Waals surface area contributed by atoms with Crippen LogP contribution < -0.4 is 31.7 Å². The van der Waals surface area contributed by atoms with Gasteiger partial charge >= 0.3 is 0 Å². The summed E-state index contributed by atoms with van der Waals surface area (Å²) in [6, 6.07) is 19.9. The zero-order chi connectivity index (χ0) is 41.4. The summed E-state index contributed by atoms with van der Waals surface area (Å²) in [5, 5.41) is 23.5. The van der Waals surface area contributed by atoms with Crippen LogP contribution in [0.3, 0.4) is 0 Å². The van der Waals surface area contributed by atoms with Crippen molar-refractivity contribution in [2.45, 2.75) is 51.1 Å². The number of nitrogens with zero attached hydrogens (tertiary/aromatic N) is 1. The van der Waals surface area contributed by atoms with Gasteiger partial charge in [-0.1, -0.05) is 29.3 Å². The second-order valence-electron chi connectivity index (χ2n) is 13.7. The van der Waals surface area contributed by atoms with Gasteiger partial charge in [-0.3, -0.25) is 24.2 Å². The first-order chi connectivity index (χ1) is 28.0. The molecule has 6 aromatic rings. The first-order valence-corrected chi connectivity index (χ1v) is 19.3. The van der Waals surface area contributed by atoms with Gasteiger partial charge in [0.05, 0.1) is 13.7 Å². The topological polar surface area (TPSA) is 216 Å². The number of aromatic hydroxyl groups is 1. The third-order valence-electron chi connectivity index (χ3n) is 9.38. The fourth-order valence-corrected chi connectivity index (χ4v) is 6.39. The van der Waals surface area contributed by atoms with Crippen LogP contribution in [0.15, 0.2) is 97.6 Å². The average Bonchev–Trinajstić information content (AvgIpc) is 3.82. The Labute approximate surface area is 341 Å². The molecule has 0 bridgehead atoms. The monoisotopic (exact) mass is 808 g/mol. The largest absolute Gasteiger partial charge is 0.508 e. The van der Waals surface area contributed by atoms with Crippen molar-refractivity contribution in [3.8, 4) is 11.5 Å². The Balaban J connectivity index is 0.000000714. The van der Waals surface area contributed by atoms with Gasteiger partial charge in [-0.05, 0) is 104 Å². The number of carbonyl (C=O) groups excluding carboxylic acids is 4. The van der Waals surface area contributed by atoms with Crippen molar-refractivity contribution in [1.29, 1.82) is 0 Å². The number of rotatable bonds is 17. The predicted molar refractivity (Wildman–Crippen MR) is 225 cm³/mol. The molecular formula is C43H49ClN8O6. The van der Waals surface area contributed by atoms with Crippen molar-refractivity contribution in [2.75, 3.05) is 26.7 Å². The van der Waals surface area contributed by atoms with Crippen LogP contribution in [0.25, 0.3) is 21.8 Å². The molecule has 0 unspecified atom stereocenters. The molecule has 14 nitrogen and oxygen atoms in total. The molecule has 0 fully saturated rings. The van der Waals surface area contributed by atoms with E-state index in [1.54, 1.807) is 56.0 Å². The molecule has 0 radical (unpaired) electrons. The van der Waals surface area contributed by atoms with Crippen molar-refractivity contribution in [3.05, 3.63) is 125 Å². The van der Waals surface area contributed by atoms with Crippen LogP contribution in [0.1, 0.15) is 35.1 Å². The first kappa shape index (κ1) is 42.8. The van der Waals surface area contributed by atoms with Crippen molar-refractivity contribution < 1.29 is 29.0 Å². The third-order valence-corrected chi connectivity index (χ3v) is 9.63. The summed E-state index contributed by atoms with van der Waals surface area (Å²) in [5.74, 6) is -1.11. The summed E-state index contributed by atoms with van der Waals surface area (Å²) in [6.45, 7) is 2.24. The van der Waals surface area contributed by atoms with Crippen molar-refractivity contribution in [3.63, 3.8) is 0 Å². The maximum Gasteiger partial charge on any atom is 0.243 e. The maximum absolute atomic E-state index is 13.4. The van der Waals surface area contributed by atoms with Gasteiger partial charge in [-0.25, -0.2) is 0 Å². The Morgan fingerprint density at radius 3 is 2.14 bits per heavy atom. The van der Waals surface area contributed by atoms with E-state index in [9.17, 15) is 24.3 Å². The molecule has 15 heteroatoms. The van der Waals surface area contributed by atoms with Gasteiger partial charge < -0.3 is 46.8 Å². The first-order valence-electron chi connectivity index (χ1n) is 18.9. The molecule has 3 aromatic carbocycles. The van der Waals surface area contributed by atoms with Crippen molar-refractivity contribution in [2.24, 2.45) is 5.73 Å². The highest BCUT2D eigenvalue weighted by atomic mass is 35.5. The van der Waals surface area contributed by atoms with E-state index in [1.807, 2.05) is 55.6 Å². The van der Waals surface area contributed by atoms with E-state index in [1.165, 1.54) is 5.56 Å². The molecular weight excluding hydrogens is 760 g/mol. The minimum absolute atomic E-state index is 0.0620. The molecule has 6 rings (SSSR count). The smallest absolute Gasteiger partial charge is 0.243 e. The SMILES string of the molecule is COc1ccc2[nH]cc(CCNC(=O)[C@H](Cc3ccncc3)NC(=O)CNC(=O)[C@H](Cc3c[nH]c4ccc(O)cc34)NC(=O)CCCN)c2c1.Cc1ccc(Cl)cc1. The number of hydrogen-bond acceptors (Lipinski definition) is 8. The highest BCUT2D eigenvalue weighted by Crippen LogP contribution is 2.25. The summed E-state index contributed by atoms with van der Waals surface area (Å²) < 4.78 is 5.35. The normalized spacial score (nSPS) is 11.9. The Morgan fingerprint density at radius 1 is 0.810 bits per heavy atom. The molecule has 3 aromatic heterocycles. The lowest BCUT2D eigenvalue weighted by Crippen LogP contribution is -2.53. The van der Waals surface area contributed by atoms with Gasteiger partial charge in [-0.2, -0.15) is 0 Å². The molecule has 3 heterocycles. The molecule has 0 aliphatic rings. The number of nitrogens with two attached hydrogens (primary N) is 1. The number of methoxy groups -OCH3 is 1. The van der Waals surface area contributed by atoms with Gasteiger partial charge in [0.1, 0.15) is 23.6 Å². The second-order valence-corrected chi connectivity index (χ2v) is 14.2. The molecule has 0 saturated carbocycles. The molecule has 9 N–H and O–H groups in total. The van der Waals surface area contributed by atoms with E-state index in [2.05, 4.69) is 36.2 Å². The number of pyridine rings is 1. The number of aromatic nitrogens is 3. The molecule has 58 heavy (non-hydrogen) atoms. The number of ether oxygens (including phenoxy) is 1. The van der Waals surface area contributed by atoms with Crippen LogP contribution in [0.4, 0.5) is 0 Å². The number of fused-ring (bicyclic) bond motifs is 2. The van der Waals surface area contributed by atoms with Gasteiger partial charge in [0.2, 0.25) is 23.6 Å². The molecule has 4 amide bonds. The standard InChI is InChI=1S/C36H42N8O6.C7H7Cl/c1-50-26-5-7-30-28(18-26)23(19-40-30)10-14-39-35(48)31(15-22-8-12-38-13-9-22)44-34(47)21-42-36(49)32(43-33(46)3-2-11-37)16-24-20-41-29-6-4-25(45)17-27(24)29;1-6-2-4-7(8)5-3-6/h4-9,12-13,17-20,31-32,40-41,45H,2-3,10-11,14-16,21,37H2,1H3,(H,39,48)(H,42,49)(H,43,46)(H,44,47);2-5H,1H3/t31-,32-;/m0./s1. The molecule has 304 valence electrons. The van der Waals surface area contributed by atoms with Gasteiger partial charge in [0.15, 0.2) is 0 Å². The van der Waals surface area contributed by atoms with Gasteiger partial charge in [0, 0.05) is 77.4 Å². The van der Waals surface area contributed by atoms with Crippen LogP contribution in [-0.2, 0) is 38.4 Å². The van der Waals surface area contributed by atoms with Crippen LogP contribution in [0, 0.1) is 6.92 Å². The Morgan fingerprint density at radius 2 is 1.45 bits per heavy atom. The second kappa shape index (κ2) is 21.2. The zero-order valence-corrected chi connectivity index (χ0v) is 33.2. The summed E-state index contributed by atoms with van der Waals surface area (Å²) in [7, 11) is 1.61. The number of phenols is 1. The van der Waals surface area contributed by atoms with Gasteiger partial charge in [0.25, 0.3) is 0 Å². The number of aryl methyl sites for hydroxylation is 1. The zero-order valence-electron chi connectivity index (χ0n) is 32.4. The summed E-state index contributed by atoms with van der Waals surface area (Å²) in [6.07, 6.45) is 8.23. The number of hydrogen-bond donors (Lipinski definition) is 8. The number of aromatic amines is 2. The van der Waals surface area contributed by atoms with Crippen molar-refractivity contribution >= 4 is 57.0 Å². The minimum atomic E-state index is -1.02. The molecule has 2 atom stereocenters. The summed E-state index contributed by atoms with van der Waals surface area (Å²) in [5.41, 5.74) is 11.0. The number of amides is 4. The Bertz CT molecular complexity index is 2270. The van der Waals surface area contributed by atoms with E-state index in [-0.39, 0.29) is 36.8 Å². The molecule has 0 spiro atoms. The fourth-order valence-electron chi connectivity index (χ4n) is 6.26. The van der Waals surface area contributed by atoms with E-state index in [4.69, 9.17) is 22.1 Å². The van der Waals surface area contributed by atoms with Crippen LogP contribution in [-0.4, -0.2) is 82.5 Å². The number of nitrogens with one attached hydrogen (secondary N) is 6. The van der Waals surface area contributed by atoms with Crippen LogP contribution in [0.2, 0.25) is 5.02 Å². The quantitative estimate of drug-likeness (QED) is 0.0661. The number of halogens is 1. The minimum Gasteiger partial charge on any atom is -0.508 e. The van der Waals surface area contributed by atoms with Crippen LogP contribution >= 0.6 is 11.6 Å². The predicted octanol–water partition coefficient (Wildman–Crippen LogP) is 4.38. The number of carbonyl (C=O) groups is 4. The molecule has 0 saturated heterocycles. The lowest BCUT2D eigenvalue weighted by atomic mass is 10.0.